The van der Waals surface area contributed by atoms with Crippen LogP contribution in [-0.4, -0.2) is 31.1 Å². The van der Waals surface area contributed by atoms with E-state index < -0.39 is 0 Å². The highest BCUT2D eigenvalue weighted by atomic mass is 15.1. The molecule has 2 rings (SSSR count). The van der Waals surface area contributed by atoms with Gasteiger partial charge in [0.2, 0.25) is 0 Å². The van der Waals surface area contributed by atoms with Crippen molar-refractivity contribution in [2.24, 2.45) is 5.92 Å². The lowest BCUT2D eigenvalue weighted by atomic mass is 9.98. The van der Waals surface area contributed by atoms with Crippen molar-refractivity contribution in [3.05, 3.63) is 34.9 Å². The zero-order valence-corrected chi connectivity index (χ0v) is 14.3. The number of benzene rings is 1. The molecule has 0 saturated heterocycles. The third kappa shape index (κ3) is 5.12. The Bertz CT molecular complexity index is 437. The number of nitrogens with one attached hydrogen (secondary N) is 1. The minimum Gasteiger partial charge on any atom is -0.309 e. The third-order valence-corrected chi connectivity index (χ3v) is 4.54. The minimum atomic E-state index is 0.462. The van der Waals surface area contributed by atoms with Crippen molar-refractivity contribution < 1.29 is 0 Å². The summed E-state index contributed by atoms with van der Waals surface area (Å²) in [5.41, 5.74) is 4.25. The molecule has 1 aromatic rings. The zero-order valence-electron chi connectivity index (χ0n) is 14.3. The Labute approximate surface area is 130 Å². The molecule has 1 unspecified atom stereocenters. The molecule has 0 aliphatic heterocycles. The quantitative estimate of drug-likeness (QED) is 0.736. The first-order valence-corrected chi connectivity index (χ1v) is 8.66. The zero-order chi connectivity index (χ0) is 15.2. The fourth-order valence-corrected chi connectivity index (χ4v) is 3.06. The van der Waals surface area contributed by atoms with Crippen LogP contribution in [-0.2, 0) is 0 Å². The molecule has 0 heterocycles. The average molecular weight is 288 g/mol. The van der Waals surface area contributed by atoms with Crippen LogP contribution in [0.15, 0.2) is 18.2 Å². The Hall–Kier alpha value is -0.860. The van der Waals surface area contributed by atoms with Gasteiger partial charge in [0.1, 0.15) is 0 Å². The minimum absolute atomic E-state index is 0.462. The van der Waals surface area contributed by atoms with Crippen LogP contribution >= 0.6 is 0 Å². The normalized spacial score (nSPS) is 16.4. The molecule has 2 nitrogen and oxygen atoms in total. The van der Waals surface area contributed by atoms with Gasteiger partial charge in [-0.25, -0.2) is 0 Å². The molecule has 1 N–H and O–H groups in total. The van der Waals surface area contributed by atoms with E-state index in [-0.39, 0.29) is 0 Å². The number of rotatable bonds is 9. The van der Waals surface area contributed by atoms with Crippen molar-refractivity contribution in [2.45, 2.75) is 53.0 Å². The van der Waals surface area contributed by atoms with Crippen molar-refractivity contribution in [1.29, 1.82) is 0 Å². The molecule has 1 fully saturated rings. The Morgan fingerprint density at radius 1 is 1.24 bits per heavy atom. The van der Waals surface area contributed by atoms with Crippen molar-refractivity contribution in [2.75, 3.05) is 26.2 Å². The van der Waals surface area contributed by atoms with Crippen molar-refractivity contribution >= 4 is 0 Å². The highest BCUT2D eigenvalue weighted by Gasteiger charge is 2.25. The molecule has 0 radical (unpaired) electrons. The fraction of sp³-hybridized carbons (Fsp3) is 0.684. The van der Waals surface area contributed by atoms with Gasteiger partial charge in [-0.15, -0.1) is 0 Å². The summed E-state index contributed by atoms with van der Waals surface area (Å²) in [7, 11) is 0. The molecule has 0 bridgehead atoms. The first-order chi connectivity index (χ1) is 10.1. The molecule has 1 atom stereocenters. The summed E-state index contributed by atoms with van der Waals surface area (Å²) in [4.78, 5) is 2.63. The van der Waals surface area contributed by atoms with Gasteiger partial charge in [0.05, 0.1) is 0 Å². The van der Waals surface area contributed by atoms with Gasteiger partial charge in [-0.1, -0.05) is 37.6 Å². The largest absolute Gasteiger partial charge is 0.309 e. The summed E-state index contributed by atoms with van der Waals surface area (Å²) < 4.78 is 0. The van der Waals surface area contributed by atoms with E-state index in [1.165, 1.54) is 42.5 Å². The number of likely N-dealkylation sites (N-methyl/N-ethyl adjacent to an activating group) is 1. The molecule has 0 amide bonds. The molecule has 1 aliphatic carbocycles. The smallest absolute Gasteiger partial charge is 0.0451 e. The monoisotopic (exact) mass is 288 g/mol. The first-order valence-electron chi connectivity index (χ1n) is 8.66. The van der Waals surface area contributed by atoms with Crippen LogP contribution in [0.4, 0.5) is 0 Å². The number of aryl methyl sites for hydroxylation is 2. The van der Waals surface area contributed by atoms with Crippen LogP contribution in [0, 0.1) is 19.8 Å². The van der Waals surface area contributed by atoms with Gasteiger partial charge < -0.3 is 10.2 Å². The van der Waals surface area contributed by atoms with Crippen LogP contribution in [0.1, 0.15) is 55.8 Å². The molecule has 1 aromatic carbocycles. The average Bonchev–Trinajstić information content (AvgIpc) is 3.26. The SMILES string of the molecule is CCCNC(CN(CC)CC1CC1)c1ccc(C)cc1C. The molecular weight excluding hydrogens is 256 g/mol. The van der Waals surface area contributed by atoms with E-state index in [4.69, 9.17) is 0 Å². The standard InChI is InChI=1S/C19H32N2/c1-5-11-20-19(14-21(6-2)13-17-8-9-17)18-10-7-15(3)12-16(18)4/h7,10,12,17,19-20H,5-6,8-9,11,13-14H2,1-4H3. The molecule has 0 aromatic heterocycles. The van der Waals surface area contributed by atoms with Crippen LogP contribution < -0.4 is 5.32 Å². The van der Waals surface area contributed by atoms with Crippen molar-refractivity contribution in [1.82, 2.24) is 10.2 Å². The van der Waals surface area contributed by atoms with Gasteiger partial charge in [-0.3, -0.25) is 0 Å². The molecule has 0 spiro atoms. The van der Waals surface area contributed by atoms with E-state index in [2.05, 4.69) is 56.1 Å². The second-order valence-electron chi connectivity index (χ2n) is 6.66. The third-order valence-electron chi connectivity index (χ3n) is 4.54. The van der Waals surface area contributed by atoms with E-state index in [0.717, 1.165) is 25.6 Å². The van der Waals surface area contributed by atoms with Gasteiger partial charge in [0, 0.05) is 19.1 Å². The van der Waals surface area contributed by atoms with Crippen molar-refractivity contribution in [3.63, 3.8) is 0 Å². The first kappa shape index (κ1) is 16.5. The molecule has 2 heteroatoms. The highest BCUT2D eigenvalue weighted by Crippen LogP contribution is 2.30. The number of nitrogens with zero attached hydrogens (tertiary/aromatic N) is 1. The maximum Gasteiger partial charge on any atom is 0.0451 e. The predicted octanol–water partition coefficient (Wildman–Crippen LogP) is 4.08. The summed E-state index contributed by atoms with van der Waals surface area (Å²) in [6, 6.07) is 7.35. The number of hydrogen-bond acceptors (Lipinski definition) is 2. The van der Waals surface area contributed by atoms with Crippen molar-refractivity contribution in [3.8, 4) is 0 Å². The molecule has 21 heavy (non-hydrogen) atoms. The molecular formula is C19H32N2. The second-order valence-corrected chi connectivity index (χ2v) is 6.66. The van der Waals surface area contributed by atoms with E-state index in [1.54, 1.807) is 0 Å². The topological polar surface area (TPSA) is 15.3 Å². The lowest BCUT2D eigenvalue weighted by Crippen LogP contribution is -2.37. The van der Waals surface area contributed by atoms with Gasteiger partial charge in [0.15, 0.2) is 0 Å². The molecule has 1 saturated carbocycles. The fourth-order valence-electron chi connectivity index (χ4n) is 3.06. The second kappa shape index (κ2) is 7.95. The highest BCUT2D eigenvalue weighted by molar-refractivity contribution is 5.33. The van der Waals surface area contributed by atoms with Crippen LogP contribution in [0.2, 0.25) is 0 Å². The van der Waals surface area contributed by atoms with E-state index >= 15 is 0 Å². The summed E-state index contributed by atoms with van der Waals surface area (Å²) in [5.74, 6) is 0.968. The lowest BCUT2D eigenvalue weighted by Gasteiger charge is -2.28. The Balaban J connectivity index is 2.07. The Morgan fingerprint density at radius 3 is 2.57 bits per heavy atom. The summed E-state index contributed by atoms with van der Waals surface area (Å²) in [6.07, 6.45) is 4.07. The maximum absolute atomic E-state index is 3.76. The van der Waals surface area contributed by atoms with Crippen LogP contribution in [0.3, 0.4) is 0 Å². The lowest BCUT2D eigenvalue weighted by molar-refractivity contribution is 0.244. The summed E-state index contributed by atoms with van der Waals surface area (Å²) in [5, 5.41) is 3.76. The van der Waals surface area contributed by atoms with Gasteiger partial charge >= 0.3 is 0 Å². The van der Waals surface area contributed by atoms with E-state index in [9.17, 15) is 0 Å². The Kier molecular flexibility index (Phi) is 6.25. The van der Waals surface area contributed by atoms with Crippen LogP contribution in [0.5, 0.6) is 0 Å². The van der Waals surface area contributed by atoms with Gasteiger partial charge in [-0.05, 0) is 63.2 Å². The van der Waals surface area contributed by atoms with Gasteiger partial charge in [0.25, 0.3) is 0 Å². The Morgan fingerprint density at radius 2 is 2.00 bits per heavy atom. The summed E-state index contributed by atoms with van der Waals surface area (Å²) >= 11 is 0. The summed E-state index contributed by atoms with van der Waals surface area (Å²) in [6.45, 7) is 13.6. The van der Waals surface area contributed by atoms with E-state index in [1.807, 2.05) is 0 Å². The molecule has 1 aliphatic rings. The predicted molar refractivity (Wildman–Crippen MR) is 91.8 cm³/mol. The van der Waals surface area contributed by atoms with Crippen LogP contribution in [0.25, 0.3) is 0 Å². The maximum atomic E-state index is 3.76. The number of hydrogen-bond donors (Lipinski definition) is 1. The van der Waals surface area contributed by atoms with E-state index in [0.29, 0.717) is 6.04 Å². The molecule has 118 valence electrons. The van der Waals surface area contributed by atoms with Gasteiger partial charge in [-0.2, -0.15) is 0 Å².